The maximum atomic E-state index is 12.6. The first-order chi connectivity index (χ1) is 12.6. The molecule has 5 heteroatoms. The zero-order valence-corrected chi connectivity index (χ0v) is 15.1. The highest BCUT2D eigenvalue weighted by Gasteiger charge is 2.37. The van der Waals surface area contributed by atoms with Crippen LogP contribution in [0.15, 0.2) is 48.5 Å². The number of ether oxygens (including phenoxy) is 2. The predicted octanol–water partition coefficient (Wildman–Crippen LogP) is 2.86. The summed E-state index contributed by atoms with van der Waals surface area (Å²) in [4.78, 5) is 26.3. The highest BCUT2D eigenvalue weighted by atomic mass is 16.5. The molecule has 0 spiro atoms. The normalized spacial score (nSPS) is 16.8. The number of imide groups is 1. The molecule has 2 aromatic rings. The highest BCUT2D eigenvalue weighted by Crippen LogP contribution is 2.28. The zero-order valence-electron chi connectivity index (χ0n) is 15.1. The third kappa shape index (κ3) is 3.87. The van der Waals surface area contributed by atoms with Crippen molar-refractivity contribution in [2.24, 2.45) is 5.92 Å². The number of carbonyl (C=O) groups excluding carboxylic acids is 2. The molecule has 0 aromatic heterocycles. The van der Waals surface area contributed by atoms with Gasteiger partial charge in [-0.15, -0.1) is 0 Å². The average molecular weight is 353 g/mol. The number of nitrogens with zero attached hydrogens (tertiary/aromatic N) is 1. The van der Waals surface area contributed by atoms with Crippen LogP contribution in [0, 0.1) is 5.92 Å². The first-order valence-corrected chi connectivity index (χ1v) is 8.71. The van der Waals surface area contributed by atoms with Crippen molar-refractivity contribution in [3.05, 3.63) is 59.7 Å². The first kappa shape index (κ1) is 18.0. The van der Waals surface area contributed by atoms with Crippen molar-refractivity contribution in [3.63, 3.8) is 0 Å². The van der Waals surface area contributed by atoms with Crippen molar-refractivity contribution >= 4 is 11.8 Å². The Labute approximate surface area is 153 Å². The second-order valence-electron chi connectivity index (χ2n) is 6.41. The van der Waals surface area contributed by atoms with Crippen LogP contribution < -0.4 is 9.47 Å². The largest absolute Gasteiger partial charge is 0.493 e. The van der Waals surface area contributed by atoms with E-state index in [9.17, 15) is 9.59 Å². The van der Waals surface area contributed by atoms with E-state index < -0.39 is 0 Å². The van der Waals surface area contributed by atoms with Gasteiger partial charge in [-0.1, -0.05) is 36.4 Å². The Morgan fingerprint density at radius 3 is 2.38 bits per heavy atom. The Morgan fingerprint density at radius 1 is 0.962 bits per heavy atom. The van der Waals surface area contributed by atoms with E-state index in [0.717, 1.165) is 11.1 Å². The Morgan fingerprint density at radius 2 is 1.69 bits per heavy atom. The van der Waals surface area contributed by atoms with E-state index in [-0.39, 0.29) is 17.7 Å². The number of carbonyl (C=O) groups is 2. The van der Waals surface area contributed by atoms with Gasteiger partial charge in [0.1, 0.15) is 0 Å². The van der Waals surface area contributed by atoms with Gasteiger partial charge in [-0.05, 0) is 36.1 Å². The molecule has 2 amide bonds. The smallest absolute Gasteiger partial charge is 0.233 e. The SMILES string of the molecule is COc1ccc(CCN2C(=O)C[C@@H](Cc3ccccc3)C2=O)cc1OC. The summed E-state index contributed by atoms with van der Waals surface area (Å²) in [6.45, 7) is 0.387. The molecule has 5 nitrogen and oxygen atoms in total. The Kier molecular flexibility index (Phi) is 5.56. The summed E-state index contributed by atoms with van der Waals surface area (Å²) in [5.41, 5.74) is 2.08. The molecule has 1 saturated heterocycles. The number of amides is 2. The Balaban J connectivity index is 1.63. The second-order valence-corrected chi connectivity index (χ2v) is 6.41. The van der Waals surface area contributed by atoms with Crippen LogP contribution in [0.2, 0.25) is 0 Å². The van der Waals surface area contributed by atoms with Crippen LogP contribution in [-0.4, -0.2) is 37.5 Å². The zero-order chi connectivity index (χ0) is 18.5. The van der Waals surface area contributed by atoms with E-state index >= 15 is 0 Å². The molecular formula is C21H23NO4. The monoisotopic (exact) mass is 353 g/mol. The average Bonchev–Trinajstić information content (AvgIpc) is 2.93. The molecule has 0 radical (unpaired) electrons. The number of likely N-dealkylation sites (tertiary alicyclic amines) is 1. The topological polar surface area (TPSA) is 55.8 Å². The lowest BCUT2D eigenvalue weighted by molar-refractivity contribution is -0.139. The summed E-state index contributed by atoms with van der Waals surface area (Å²) in [5, 5.41) is 0. The van der Waals surface area contributed by atoms with Crippen LogP contribution in [0.1, 0.15) is 17.5 Å². The summed E-state index contributed by atoms with van der Waals surface area (Å²) in [5.74, 6) is 0.893. The van der Waals surface area contributed by atoms with Crippen molar-refractivity contribution < 1.29 is 19.1 Å². The number of hydrogen-bond acceptors (Lipinski definition) is 4. The summed E-state index contributed by atoms with van der Waals surface area (Å²) >= 11 is 0. The van der Waals surface area contributed by atoms with Crippen molar-refractivity contribution in [3.8, 4) is 11.5 Å². The van der Waals surface area contributed by atoms with E-state index in [4.69, 9.17) is 9.47 Å². The standard InChI is InChI=1S/C21H23NO4/c1-25-18-9-8-16(13-19(18)26-2)10-11-22-20(23)14-17(21(22)24)12-15-6-4-3-5-7-15/h3-9,13,17H,10-12,14H2,1-2H3/t17-/m1/s1. The molecule has 26 heavy (non-hydrogen) atoms. The van der Waals surface area contributed by atoms with Gasteiger partial charge in [-0.3, -0.25) is 14.5 Å². The van der Waals surface area contributed by atoms with Gasteiger partial charge >= 0.3 is 0 Å². The molecule has 136 valence electrons. The lowest BCUT2D eigenvalue weighted by atomic mass is 9.98. The molecular weight excluding hydrogens is 330 g/mol. The van der Waals surface area contributed by atoms with E-state index in [1.54, 1.807) is 14.2 Å². The fraction of sp³-hybridized carbons (Fsp3) is 0.333. The van der Waals surface area contributed by atoms with Gasteiger partial charge in [-0.2, -0.15) is 0 Å². The lowest BCUT2D eigenvalue weighted by Crippen LogP contribution is -2.33. The third-order valence-corrected chi connectivity index (χ3v) is 4.73. The molecule has 3 rings (SSSR count). The number of rotatable bonds is 7. The fourth-order valence-electron chi connectivity index (χ4n) is 3.32. The van der Waals surface area contributed by atoms with Crippen LogP contribution in [0.5, 0.6) is 11.5 Å². The summed E-state index contributed by atoms with van der Waals surface area (Å²) < 4.78 is 10.5. The van der Waals surface area contributed by atoms with Gasteiger partial charge in [0.25, 0.3) is 0 Å². The van der Waals surface area contributed by atoms with E-state index in [2.05, 4.69) is 0 Å². The first-order valence-electron chi connectivity index (χ1n) is 8.71. The molecule has 2 aromatic carbocycles. The van der Waals surface area contributed by atoms with Gasteiger partial charge in [0.2, 0.25) is 11.8 Å². The third-order valence-electron chi connectivity index (χ3n) is 4.73. The minimum absolute atomic E-state index is 0.0701. The molecule has 1 aliphatic rings. The van der Waals surface area contributed by atoms with Crippen molar-refractivity contribution in [2.75, 3.05) is 20.8 Å². The summed E-state index contributed by atoms with van der Waals surface area (Å²) in [6.07, 6.45) is 1.49. The molecule has 1 fully saturated rings. The molecule has 0 aliphatic carbocycles. The second kappa shape index (κ2) is 8.04. The summed E-state index contributed by atoms with van der Waals surface area (Å²) in [6, 6.07) is 15.5. The van der Waals surface area contributed by atoms with Gasteiger partial charge in [0.05, 0.1) is 20.1 Å². The van der Waals surface area contributed by atoms with Crippen molar-refractivity contribution in [2.45, 2.75) is 19.3 Å². The molecule has 0 N–H and O–H groups in total. The molecule has 1 heterocycles. The molecule has 0 bridgehead atoms. The maximum Gasteiger partial charge on any atom is 0.233 e. The molecule has 0 saturated carbocycles. The quantitative estimate of drug-likeness (QED) is 0.718. The molecule has 0 unspecified atom stereocenters. The number of methoxy groups -OCH3 is 2. The number of hydrogen-bond donors (Lipinski definition) is 0. The fourth-order valence-corrected chi connectivity index (χ4v) is 3.32. The van der Waals surface area contributed by atoms with Crippen LogP contribution in [0.25, 0.3) is 0 Å². The minimum atomic E-state index is -0.254. The van der Waals surface area contributed by atoms with Gasteiger partial charge in [0, 0.05) is 13.0 Å². The van der Waals surface area contributed by atoms with E-state index in [1.807, 2.05) is 48.5 Å². The van der Waals surface area contributed by atoms with Crippen LogP contribution >= 0.6 is 0 Å². The minimum Gasteiger partial charge on any atom is -0.493 e. The predicted molar refractivity (Wildman–Crippen MR) is 98.2 cm³/mol. The van der Waals surface area contributed by atoms with Gasteiger partial charge < -0.3 is 9.47 Å². The van der Waals surface area contributed by atoms with Crippen molar-refractivity contribution in [1.82, 2.24) is 4.90 Å². The van der Waals surface area contributed by atoms with Gasteiger partial charge in [0.15, 0.2) is 11.5 Å². The Hall–Kier alpha value is -2.82. The van der Waals surface area contributed by atoms with Gasteiger partial charge in [-0.25, -0.2) is 0 Å². The molecule has 1 aliphatic heterocycles. The lowest BCUT2D eigenvalue weighted by Gasteiger charge is -2.16. The Bertz CT molecular complexity index is 788. The van der Waals surface area contributed by atoms with E-state index in [1.165, 1.54) is 4.90 Å². The van der Waals surface area contributed by atoms with Crippen molar-refractivity contribution in [1.29, 1.82) is 0 Å². The van der Waals surface area contributed by atoms with Crippen LogP contribution in [0.3, 0.4) is 0 Å². The van der Waals surface area contributed by atoms with Crippen LogP contribution in [-0.2, 0) is 22.4 Å². The number of benzene rings is 2. The maximum absolute atomic E-state index is 12.6. The molecule has 1 atom stereocenters. The summed E-state index contributed by atoms with van der Waals surface area (Å²) in [7, 11) is 3.18. The van der Waals surface area contributed by atoms with Crippen LogP contribution in [0.4, 0.5) is 0 Å². The van der Waals surface area contributed by atoms with E-state index in [0.29, 0.717) is 37.3 Å². The highest BCUT2D eigenvalue weighted by molar-refractivity contribution is 6.03.